The zero-order valence-corrected chi connectivity index (χ0v) is 19.1. The molecule has 1 atom stereocenters. The largest absolute Gasteiger partial charge is 0.481 e. The van der Waals surface area contributed by atoms with E-state index in [1.807, 2.05) is 0 Å². The Balaban J connectivity index is 2.67. The second kappa shape index (κ2) is 11.2. The van der Waals surface area contributed by atoms with Gasteiger partial charge in [-0.3, -0.25) is 24.1 Å². The van der Waals surface area contributed by atoms with Gasteiger partial charge in [0.25, 0.3) is 5.91 Å². The molecule has 0 fully saturated rings. The van der Waals surface area contributed by atoms with E-state index in [1.54, 1.807) is 42.5 Å². The number of carbonyl (C=O) groups is 4. The van der Waals surface area contributed by atoms with Gasteiger partial charge >= 0.3 is 5.97 Å². The second-order valence-electron chi connectivity index (χ2n) is 6.50. The molecule has 7 nitrogen and oxygen atoms in total. The van der Waals surface area contributed by atoms with Gasteiger partial charge in [-0.15, -0.1) is 0 Å². The van der Waals surface area contributed by atoms with Crippen LogP contribution in [-0.2, 0) is 25.6 Å². The van der Waals surface area contributed by atoms with E-state index in [2.05, 4.69) is 5.32 Å². The highest BCUT2D eigenvalue weighted by Gasteiger charge is 2.32. The molecule has 0 aliphatic carbocycles. The third-order valence-electron chi connectivity index (χ3n) is 4.08. The summed E-state index contributed by atoms with van der Waals surface area (Å²) in [5.74, 6) is -2.19. The van der Waals surface area contributed by atoms with E-state index < -0.39 is 23.8 Å². The number of thioether (sulfide) groups is 1. The number of halogens is 2. The van der Waals surface area contributed by atoms with Crippen LogP contribution in [0.25, 0.3) is 0 Å². The summed E-state index contributed by atoms with van der Waals surface area (Å²) in [6.45, 7) is 2.61. The van der Waals surface area contributed by atoms with E-state index in [4.69, 9.17) is 23.2 Å². The summed E-state index contributed by atoms with van der Waals surface area (Å²) >= 11 is 13.6. The number of hydrogen-bond acceptors (Lipinski definition) is 5. The van der Waals surface area contributed by atoms with E-state index in [1.165, 1.54) is 18.7 Å². The van der Waals surface area contributed by atoms with Crippen LogP contribution in [0, 0.1) is 0 Å². The van der Waals surface area contributed by atoms with Crippen LogP contribution in [0.2, 0.25) is 10.0 Å². The molecule has 0 aliphatic rings. The summed E-state index contributed by atoms with van der Waals surface area (Å²) in [6.07, 6.45) is -0.352. The maximum absolute atomic E-state index is 13.7. The number of nitrogens with one attached hydrogen (secondary N) is 1. The van der Waals surface area contributed by atoms with Gasteiger partial charge in [-0.25, -0.2) is 0 Å². The molecule has 0 bridgehead atoms. The average molecular weight is 483 g/mol. The Kier molecular flexibility index (Phi) is 8.91. The molecule has 0 saturated heterocycles. The Morgan fingerprint density at radius 3 is 2.19 bits per heavy atom. The fourth-order valence-electron chi connectivity index (χ4n) is 2.87. The molecular weight excluding hydrogens is 463 g/mol. The number of benzene rings is 2. The Hall–Kier alpha value is -2.55. The van der Waals surface area contributed by atoms with Crippen LogP contribution in [0.3, 0.4) is 0 Å². The van der Waals surface area contributed by atoms with E-state index in [0.717, 1.165) is 11.8 Å². The maximum atomic E-state index is 13.7. The Labute approximate surface area is 193 Å². The molecule has 2 N–H and O–H groups in total. The predicted octanol–water partition coefficient (Wildman–Crippen LogP) is 4.07. The van der Waals surface area contributed by atoms with Crippen molar-refractivity contribution in [3.8, 4) is 0 Å². The number of para-hydroxylation sites is 2. The zero-order valence-electron chi connectivity index (χ0n) is 16.7. The Morgan fingerprint density at radius 2 is 1.65 bits per heavy atom. The SMILES string of the molecule is CC(=O)NC(CSC(C)=O)C(=O)N(c1ccccc1CC(=O)O)c1c(Cl)cccc1Cl. The lowest BCUT2D eigenvalue weighted by molar-refractivity contribution is -0.136. The van der Waals surface area contributed by atoms with Gasteiger partial charge in [-0.05, 0) is 23.8 Å². The van der Waals surface area contributed by atoms with Crippen molar-refractivity contribution in [2.45, 2.75) is 26.3 Å². The summed E-state index contributed by atoms with van der Waals surface area (Å²) in [6, 6.07) is 10.0. The van der Waals surface area contributed by atoms with Gasteiger partial charge in [0.15, 0.2) is 5.12 Å². The molecular formula is C21H20Cl2N2O5S. The van der Waals surface area contributed by atoms with Crippen molar-refractivity contribution < 1.29 is 24.3 Å². The first kappa shape index (κ1) is 24.7. The lowest BCUT2D eigenvalue weighted by atomic mass is 10.1. The monoisotopic (exact) mass is 482 g/mol. The summed E-state index contributed by atoms with van der Waals surface area (Å²) in [5.41, 5.74) is 0.755. The van der Waals surface area contributed by atoms with Crippen molar-refractivity contribution in [3.63, 3.8) is 0 Å². The minimum absolute atomic E-state index is 0.0204. The second-order valence-corrected chi connectivity index (χ2v) is 8.51. The quantitative estimate of drug-likeness (QED) is 0.587. The van der Waals surface area contributed by atoms with E-state index >= 15 is 0 Å². The standard InChI is InChI=1S/C21H20Cl2N2O5S/c1-12(26)24-17(11-31-13(2)27)21(30)25(20-15(22)7-5-8-16(20)23)18-9-4-3-6-14(18)10-19(28)29/h3-9,17H,10-11H2,1-2H3,(H,24,26)(H,28,29). The van der Waals surface area contributed by atoms with Gasteiger partial charge in [0.2, 0.25) is 5.91 Å². The number of anilines is 2. The Bertz CT molecular complexity index is 995. The van der Waals surface area contributed by atoms with Crippen molar-refractivity contribution in [2.75, 3.05) is 10.7 Å². The van der Waals surface area contributed by atoms with Crippen LogP contribution in [0.15, 0.2) is 42.5 Å². The highest BCUT2D eigenvalue weighted by atomic mass is 35.5. The predicted molar refractivity (Wildman–Crippen MR) is 122 cm³/mol. The van der Waals surface area contributed by atoms with Gasteiger partial charge in [-0.2, -0.15) is 0 Å². The van der Waals surface area contributed by atoms with Crippen LogP contribution in [0.1, 0.15) is 19.4 Å². The topological polar surface area (TPSA) is 104 Å². The number of carboxylic acids is 1. The van der Waals surface area contributed by atoms with Gasteiger partial charge in [0.05, 0.1) is 27.8 Å². The molecule has 0 saturated carbocycles. The fourth-order valence-corrected chi connectivity index (χ4v) is 4.06. The van der Waals surface area contributed by atoms with Crippen LogP contribution >= 0.6 is 35.0 Å². The highest BCUT2D eigenvalue weighted by molar-refractivity contribution is 8.13. The van der Waals surface area contributed by atoms with Crippen molar-refractivity contribution in [1.82, 2.24) is 5.32 Å². The van der Waals surface area contributed by atoms with Gasteiger partial charge < -0.3 is 10.4 Å². The number of rotatable bonds is 8. The number of aliphatic carboxylic acids is 1. The molecule has 0 spiro atoms. The van der Waals surface area contributed by atoms with Crippen molar-refractivity contribution >= 4 is 69.2 Å². The zero-order chi connectivity index (χ0) is 23.1. The summed E-state index contributed by atoms with van der Waals surface area (Å²) in [7, 11) is 0. The molecule has 1 unspecified atom stereocenters. The maximum Gasteiger partial charge on any atom is 0.307 e. The molecule has 2 aromatic rings. The molecule has 0 aliphatic heterocycles. The minimum Gasteiger partial charge on any atom is -0.481 e. The van der Waals surface area contributed by atoms with E-state index in [9.17, 15) is 24.3 Å². The van der Waals surface area contributed by atoms with Crippen LogP contribution in [-0.4, -0.2) is 39.8 Å². The number of amides is 2. The molecule has 2 aromatic carbocycles. The molecule has 164 valence electrons. The minimum atomic E-state index is -1.09. The molecule has 0 aromatic heterocycles. The summed E-state index contributed by atoms with van der Waals surface area (Å²) < 4.78 is 0. The smallest absolute Gasteiger partial charge is 0.307 e. The first-order valence-corrected chi connectivity index (χ1v) is 10.8. The third-order valence-corrected chi connectivity index (χ3v) is 5.60. The van der Waals surface area contributed by atoms with Crippen LogP contribution < -0.4 is 10.2 Å². The van der Waals surface area contributed by atoms with Crippen LogP contribution in [0.4, 0.5) is 11.4 Å². The Morgan fingerprint density at radius 1 is 1.03 bits per heavy atom. The fraction of sp³-hybridized carbons (Fsp3) is 0.238. The first-order chi connectivity index (χ1) is 14.6. The average Bonchev–Trinajstić information content (AvgIpc) is 2.67. The van der Waals surface area contributed by atoms with Crippen molar-refractivity contribution in [1.29, 1.82) is 0 Å². The van der Waals surface area contributed by atoms with Gasteiger partial charge in [0, 0.05) is 19.6 Å². The summed E-state index contributed by atoms with van der Waals surface area (Å²) in [4.78, 5) is 49.4. The molecule has 2 amide bonds. The lowest BCUT2D eigenvalue weighted by Gasteiger charge is -2.30. The van der Waals surface area contributed by atoms with E-state index in [-0.39, 0.29) is 38.7 Å². The molecule has 2 rings (SSSR count). The lowest BCUT2D eigenvalue weighted by Crippen LogP contribution is -2.48. The van der Waals surface area contributed by atoms with Crippen molar-refractivity contribution in [2.24, 2.45) is 0 Å². The molecule has 0 radical (unpaired) electrons. The van der Waals surface area contributed by atoms with Gasteiger partial charge in [0.1, 0.15) is 6.04 Å². The number of carboxylic acid groups (broad SMARTS) is 1. The third kappa shape index (κ3) is 6.72. The van der Waals surface area contributed by atoms with Gasteiger partial charge in [-0.1, -0.05) is 59.2 Å². The highest BCUT2D eigenvalue weighted by Crippen LogP contribution is 2.40. The summed E-state index contributed by atoms with van der Waals surface area (Å²) in [5, 5.41) is 12.0. The molecule has 31 heavy (non-hydrogen) atoms. The number of hydrogen-bond donors (Lipinski definition) is 2. The number of carbonyl (C=O) groups excluding carboxylic acids is 3. The van der Waals surface area contributed by atoms with E-state index in [0.29, 0.717) is 5.56 Å². The van der Waals surface area contributed by atoms with Crippen LogP contribution in [0.5, 0.6) is 0 Å². The number of nitrogens with zero attached hydrogens (tertiary/aromatic N) is 1. The first-order valence-electron chi connectivity index (χ1n) is 9.10. The van der Waals surface area contributed by atoms with Crippen molar-refractivity contribution in [3.05, 3.63) is 58.1 Å². The molecule has 10 heteroatoms. The molecule has 0 heterocycles. The normalized spacial score (nSPS) is 11.5.